The Morgan fingerprint density at radius 1 is 0.263 bits per heavy atom. The molecule has 0 aromatic carbocycles. The van der Waals surface area contributed by atoms with Crippen LogP contribution in [0.4, 0.5) is 0 Å². The molecule has 6 heteroatoms. The first-order valence-corrected chi connectivity index (χ1v) is 34.6. The van der Waals surface area contributed by atoms with Crippen LogP contribution in [-0.2, 0) is 28.6 Å². The predicted octanol–water partition coefficient (Wildman–Crippen LogP) is 23.8. The van der Waals surface area contributed by atoms with Crippen LogP contribution in [0.15, 0.2) is 85.1 Å². The first-order chi connectivity index (χ1) is 39.5. The molecule has 0 fully saturated rings. The highest BCUT2D eigenvalue weighted by Gasteiger charge is 2.19. The van der Waals surface area contributed by atoms with E-state index in [0.717, 1.165) is 96.3 Å². The number of esters is 3. The van der Waals surface area contributed by atoms with Crippen LogP contribution in [0, 0.1) is 0 Å². The Morgan fingerprint density at radius 2 is 0.487 bits per heavy atom. The summed E-state index contributed by atoms with van der Waals surface area (Å²) in [6.45, 7) is 6.56. The van der Waals surface area contributed by atoms with Crippen molar-refractivity contribution in [3.05, 3.63) is 85.1 Å². The topological polar surface area (TPSA) is 78.9 Å². The molecule has 0 aliphatic carbocycles. The van der Waals surface area contributed by atoms with Crippen LogP contribution in [0.2, 0.25) is 0 Å². The molecule has 0 bridgehead atoms. The van der Waals surface area contributed by atoms with Gasteiger partial charge in [-0.1, -0.05) is 318 Å². The van der Waals surface area contributed by atoms with Crippen molar-refractivity contribution in [3.63, 3.8) is 0 Å². The Kier molecular flexibility index (Phi) is 65.2. The van der Waals surface area contributed by atoms with Gasteiger partial charge in [-0.3, -0.25) is 14.4 Å². The summed E-state index contributed by atoms with van der Waals surface area (Å²) in [5, 5.41) is 0. The lowest BCUT2D eigenvalue weighted by atomic mass is 10.0. The molecule has 0 amide bonds. The second-order valence-corrected chi connectivity index (χ2v) is 23.1. The van der Waals surface area contributed by atoms with Crippen LogP contribution in [0.1, 0.15) is 348 Å². The smallest absolute Gasteiger partial charge is 0.306 e. The van der Waals surface area contributed by atoms with Gasteiger partial charge in [-0.05, 0) is 96.3 Å². The van der Waals surface area contributed by atoms with Gasteiger partial charge in [-0.15, -0.1) is 0 Å². The monoisotopic (exact) mass is 1110 g/mol. The fraction of sp³-hybridized carbons (Fsp3) is 0.770. The molecule has 0 aromatic heterocycles. The maximum Gasteiger partial charge on any atom is 0.306 e. The molecule has 0 aromatic rings. The quantitative estimate of drug-likeness (QED) is 0.0261. The van der Waals surface area contributed by atoms with E-state index in [0.29, 0.717) is 19.3 Å². The molecule has 0 N–H and O–H groups in total. The molecule has 1 unspecified atom stereocenters. The van der Waals surface area contributed by atoms with Crippen LogP contribution < -0.4 is 0 Å². The molecule has 80 heavy (non-hydrogen) atoms. The maximum atomic E-state index is 12.9. The van der Waals surface area contributed by atoms with Crippen molar-refractivity contribution >= 4 is 17.9 Å². The van der Waals surface area contributed by atoms with Crippen LogP contribution in [-0.4, -0.2) is 37.2 Å². The van der Waals surface area contributed by atoms with E-state index in [2.05, 4.69) is 106 Å². The van der Waals surface area contributed by atoms with Gasteiger partial charge in [0.1, 0.15) is 13.2 Å². The van der Waals surface area contributed by atoms with Gasteiger partial charge in [-0.25, -0.2) is 0 Å². The molecule has 1 atom stereocenters. The summed E-state index contributed by atoms with van der Waals surface area (Å²) >= 11 is 0. The summed E-state index contributed by atoms with van der Waals surface area (Å²) in [6.07, 6.45) is 90.3. The van der Waals surface area contributed by atoms with Crippen molar-refractivity contribution in [2.45, 2.75) is 354 Å². The lowest BCUT2D eigenvalue weighted by molar-refractivity contribution is -0.167. The van der Waals surface area contributed by atoms with Gasteiger partial charge >= 0.3 is 17.9 Å². The van der Waals surface area contributed by atoms with Gasteiger partial charge in [0.25, 0.3) is 0 Å². The summed E-state index contributed by atoms with van der Waals surface area (Å²) in [5.74, 6) is -0.862. The van der Waals surface area contributed by atoms with Crippen molar-refractivity contribution in [2.24, 2.45) is 0 Å². The van der Waals surface area contributed by atoms with Crippen LogP contribution in [0.25, 0.3) is 0 Å². The highest BCUT2D eigenvalue weighted by atomic mass is 16.6. The summed E-state index contributed by atoms with van der Waals surface area (Å²) < 4.78 is 17.0. The molecule has 0 spiro atoms. The zero-order valence-electron chi connectivity index (χ0n) is 53.1. The van der Waals surface area contributed by atoms with Crippen LogP contribution >= 0.6 is 0 Å². The molecule has 0 heterocycles. The number of hydrogen-bond donors (Lipinski definition) is 0. The lowest BCUT2D eigenvalue weighted by Crippen LogP contribution is -2.30. The van der Waals surface area contributed by atoms with E-state index in [9.17, 15) is 14.4 Å². The Bertz CT molecular complexity index is 1520. The second kappa shape index (κ2) is 68.1. The standard InChI is InChI=1S/C74H130O6/c1-4-7-10-13-16-19-22-25-27-29-31-32-33-34-35-36-37-38-39-40-41-42-43-45-46-49-52-55-58-61-64-67-73(76)79-70-71(69-78-72(75)66-63-60-57-54-51-48-24-21-18-15-12-9-6-3)80-74(77)68-65-62-59-56-53-50-47-44-30-28-26-23-20-17-14-11-8-5-2/h7,10,16,19,25,27-28,30-32,34-35,37-38,71H,4-6,8-9,11-15,17-18,20-24,26,29,33,36,39-70H2,1-3H3/b10-7-,19-16-,27-25-,30-28-,32-31-,35-34-,38-37-. The normalized spacial score (nSPS) is 12.6. The minimum absolute atomic E-state index is 0.0737. The average molecular weight is 1120 g/mol. The van der Waals surface area contributed by atoms with E-state index in [-0.39, 0.29) is 31.1 Å². The van der Waals surface area contributed by atoms with Gasteiger partial charge in [0.05, 0.1) is 0 Å². The molecule has 0 aliphatic rings. The zero-order chi connectivity index (χ0) is 57.8. The minimum atomic E-state index is -0.778. The summed E-state index contributed by atoms with van der Waals surface area (Å²) in [7, 11) is 0. The molecule has 0 saturated carbocycles. The van der Waals surface area contributed by atoms with Crippen molar-refractivity contribution in [1.29, 1.82) is 0 Å². The highest BCUT2D eigenvalue weighted by Crippen LogP contribution is 2.17. The Hall–Kier alpha value is -3.41. The fourth-order valence-electron chi connectivity index (χ4n) is 9.97. The number of unbranched alkanes of at least 4 members (excludes halogenated alkanes) is 38. The van der Waals surface area contributed by atoms with E-state index in [1.807, 2.05) is 0 Å². The minimum Gasteiger partial charge on any atom is -0.462 e. The van der Waals surface area contributed by atoms with Crippen molar-refractivity contribution in [3.8, 4) is 0 Å². The van der Waals surface area contributed by atoms with Gasteiger partial charge in [0.2, 0.25) is 0 Å². The lowest BCUT2D eigenvalue weighted by Gasteiger charge is -2.18. The predicted molar refractivity (Wildman–Crippen MR) is 348 cm³/mol. The number of allylic oxidation sites excluding steroid dienone is 14. The van der Waals surface area contributed by atoms with E-state index < -0.39 is 6.10 Å². The number of ether oxygens (including phenoxy) is 3. The SMILES string of the molecule is CC/C=C\C/C=C\C/C=C\C/C=C\C/C=C\C/C=C\CCCCCCCCCCCCCCC(=O)OCC(COC(=O)CCCCCCCCCCCCCCC)OC(=O)CCCCCCCCC/C=C\CCCCCCCCC. The first kappa shape index (κ1) is 76.6. The Morgan fingerprint density at radius 3 is 0.775 bits per heavy atom. The van der Waals surface area contributed by atoms with Crippen LogP contribution in [0.5, 0.6) is 0 Å². The fourth-order valence-corrected chi connectivity index (χ4v) is 9.97. The van der Waals surface area contributed by atoms with E-state index in [1.54, 1.807) is 0 Å². The third kappa shape index (κ3) is 65.4. The van der Waals surface area contributed by atoms with Gasteiger partial charge in [0.15, 0.2) is 6.10 Å². The molecule has 0 radical (unpaired) electrons. The molecule has 462 valence electrons. The summed E-state index contributed by atoms with van der Waals surface area (Å²) in [5.41, 5.74) is 0. The number of rotatable bonds is 63. The first-order valence-electron chi connectivity index (χ1n) is 34.6. The number of carbonyl (C=O) groups excluding carboxylic acids is 3. The number of carbonyl (C=O) groups is 3. The van der Waals surface area contributed by atoms with E-state index in [4.69, 9.17) is 14.2 Å². The summed E-state index contributed by atoms with van der Waals surface area (Å²) in [4.78, 5) is 38.4. The van der Waals surface area contributed by atoms with Gasteiger partial charge in [-0.2, -0.15) is 0 Å². The molecule has 6 nitrogen and oxygen atoms in total. The van der Waals surface area contributed by atoms with Crippen molar-refractivity contribution in [2.75, 3.05) is 13.2 Å². The van der Waals surface area contributed by atoms with Crippen LogP contribution in [0.3, 0.4) is 0 Å². The van der Waals surface area contributed by atoms with Gasteiger partial charge in [0, 0.05) is 19.3 Å². The molecular weight excluding hydrogens is 985 g/mol. The van der Waals surface area contributed by atoms with E-state index >= 15 is 0 Å². The molecule has 0 aliphatic heterocycles. The Balaban J connectivity index is 4.23. The molecular formula is C74H130O6. The number of hydrogen-bond acceptors (Lipinski definition) is 6. The highest BCUT2D eigenvalue weighted by molar-refractivity contribution is 5.71. The largest absolute Gasteiger partial charge is 0.462 e. The zero-order valence-corrected chi connectivity index (χ0v) is 53.1. The van der Waals surface area contributed by atoms with E-state index in [1.165, 1.54) is 212 Å². The average Bonchev–Trinajstić information content (AvgIpc) is 3.46. The summed E-state index contributed by atoms with van der Waals surface area (Å²) in [6, 6.07) is 0. The Labute approximate surface area is 496 Å². The molecule has 0 rings (SSSR count). The van der Waals surface area contributed by atoms with Crippen molar-refractivity contribution in [1.82, 2.24) is 0 Å². The third-order valence-corrected chi connectivity index (χ3v) is 15.1. The molecule has 0 saturated heterocycles. The van der Waals surface area contributed by atoms with Gasteiger partial charge < -0.3 is 14.2 Å². The van der Waals surface area contributed by atoms with Crippen molar-refractivity contribution < 1.29 is 28.6 Å². The third-order valence-electron chi connectivity index (χ3n) is 15.1. The maximum absolute atomic E-state index is 12.9. The second-order valence-electron chi connectivity index (χ2n) is 23.1.